The second-order valence-electron chi connectivity index (χ2n) is 9.00. The predicted molar refractivity (Wildman–Crippen MR) is 132 cm³/mol. The van der Waals surface area contributed by atoms with E-state index in [0.717, 1.165) is 64.1 Å². The monoisotopic (exact) mass is 466 g/mol. The van der Waals surface area contributed by atoms with Gasteiger partial charge >= 0.3 is 0 Å². The van der Waals surface area contributed by atoms with Gasteiger partial charge in [-0.25, -0.2) is 14.5 Å². The first-order valence-electron chi connectivity index (χ1n) is 11.4. The normalized spacial score (nSPS) is 15.3. The van der Waals surface area contributed by atoms with Gasteiger partial charge in [0.2, 0.25) is 5.91 Å². The number of rotatable bonds is 5. The van der Waals surface area contributed by atoms with Crippen LogP contribution in [0.3, 0.4) is 0 Å². The maximum absolute atomic E-state index is 11.7. The highest BCUT2D eigenvalue weighted by molar-refractivity contribution is 7.21. The molecule has 4 aromatic heterocycles. The molecule has 1 aliphatic heterocycles. The van der Waals surface area contributed by atoms with Gasteiger partial charge in [-0.15, -0.1) is 0 Å². The van der Waals surface area contributed by atoms with Crippen molar-refractivity contribution in [2.45, 2.75) is 33.6 Å². The first kappa shape index (κ1) is 21.8. The summed E-state index contributed by atoms with van der Waals surface area (Å²) >= 11 is 1.71. The van der Waals surface area contributed by atoms with Crippen molar-refractivity contribution in [1.29, 1.82) is 0 Å². The number of thiazole rings is 1. The van der Waals surface area contributed by atoms with Crippen LogP contribution in [0.25, 0.3) is 27.3 Å². The van der Waals surface area contributed by atoms with E-state index in [1.807, 2.05) is 4.52 Å². The Labute approximate surface area is 196 Å². The molecule has 0 radical (unpaired) electrons. The van der Waals surface area contributed by atoms with Crippen molar-refractivity contribution < 1.29 is 4.79 Å². The van der Waals surface area contributed by atoms with Crippen LogP contribution in [-0.2, 0) is 4.79 Å². The summed E-state index contributed by atoms with van der Waals surface area (Å²) in [6.45, 7) is 12.6. The summed E-state index contributed by atoms with van der Waals surface area (Å²) in [5, 5.41) is 8.12. The number of hydrogen-bond acceptors (Lipinski definition) is 7. The number of H-pyrrole nitrogens is 1. The van der Waals surface area contributed by atoms with Crippen LogP contribution in [-0.4, -0.2) is 75.1 Å². The van der Waals surface area contributed by atoms with Gasteiger partial charge in [-0.2, -0.15) is 5.10 Å². The number of piperazine rings is 1. The molecule has 0 saturated carbocycles. The van der Waals surface area contributed by atoms with E-state index in [1.165, 1.54) is 11.1 Å². The van der Waals surface area contributed by atoms with Crippen LogP contribution < -0.4 is 10.2 Å². The summed E-state index contributed by atoms with van der Waals surface area (Å²) in [5.41, 5.74) is 7.81. The summed E-state index contributed by atoms with van der Waals surface area (Å²) in [6, 6.07) is 0. The minimum atomic E-state index is 0.0646. The van der Waals surface area contributed by atoms with E-state index in [4.69, 9.17) is 4.98 Å². The standard InChI is InChI=1S/C23H30N8OS/c1-13(2)18-19(16-10-31-21(25-12-26-31)15(4)14(16)3)27-22-20(18)28-23(33-22)30-8-6-29(7-9-30)11-17(32)24-5/h10,12-13,27H,6-9,11H2,1-5H3,(H,24,32). The number of anilines is 1. The maximum Gasteiger partial charge on any atom is 0.233 e. The molecule has 0 bridgehead atoms. The third kappa shape index (κ3) is 3.76. The van der Waals surface area contributed by atoms with Crippen molar-refractivity contribution in [2.75, 3.05) is 44.7 Å². The molecule has 1 aliphatic rings. The maximum atomic E-state index is 11.7. The molecule has 9 nitrogen and oxygen atoms in total. The zero-order valence-electron chi connectivity index (χ0n) is 19.8. The molecule has 10 heteroatoms. The second-order valence-corrected chi connectivity index (χ2v) is 9.98. The number of carbonyl (C=O) groups excluding carboxylic acids is 1. The van der Waals surface area contributed by atoms with Gasteiger partial charge in [0, 0.05) is 50.6 Å². The van der Waals surface area contributed by atoms with Crippen LogP contribution in [0.2, 0.25) is 0 Å². The van der Waals surface area contributed by atoms with E-state index < -0.39 is 0 Å². The van der Waals surface area contributed by atoms with Crippen molar-refractivity contribution in [3.05, 3.63) is 29.2 Å². The summed E-state index contributed by atoms with van der Waals surface area (Å²) in [4.78, 5) is 30.5. The Bertz CT molecular complexity index is 1330. The Balaban J connectivity index is 1.48. The van der Waals surface area contributed by atoms with Crippen LogP contribution in [0, 0.1) is 13.8 Å². The van der Waals surface area contributed by atoms with Gasteiger partial charge in [-0.05, 0) is 30.9 Å². The average Bonchev–Trinajstić information content (AvgIpc) is 3.50. The number of aromatic nitrogens is 5. The summed E-state index contributed by atoms with van der Waals surface area (Å²) in [6.07, 6.45) is 3.67. The third-order valence-electron chi connectivity index (χ3n) is 6.64. The summed E-state index contributed by atoms with van der Waals surface area (Å²) < 4.78 is 1.86. The highest BCUT2D eigenvalue weighted by Gasteiger charge is 2.26. The van der Waals surface area contributed by atoms with E-state index in [9.17, 15) is 4.79 Å². The predicted octanol–water partition coefficient (Wildman–Crippen LogP) is 2.94. The molecule has 5 heterocycles. The largest absolute Gasteiger partial charge is 0.358 e. The van der Waals surface area contributed by atoms with Gasteiger partial charge in [-0.3, -0.25) is 9.69 Å². The van der Waals surface area contributed by atoms with Crippen molar-refractivity contribution >= 4 is 38.4 Å². The lowest BCUT2D eigenvalue weighted by atomic mass is 9.96. The zero-order chi connectivity index (χ0) is 23.3. The molecule has 1 amide bonds. The van der Waals surface area contributed by atoms with Crippen molar-refractivity contribution in [3.63, 3.8) is 0 Å². The van der Waals surface area contributed by atoms with Gasteiger partial charge < -0.3 is 15.2 Å². The van der Waals surface area contributed by atoms with Crippen LogP contribution in [0.5, 0.6) is 0 Å². The summed E-state index contributed by atoms with van der Waals surface area (Å²) in [5.74, 6) is 0.383. The minimum absolute atomic E-state index is 0.0646. The molecule has 0 unspecified atom stereocenters. The number of pyridine rings is 1. The number of aryl methyl sites for hydroxylation is 1. The van der Waals surface area contributed by atoms with Crippen molar-refractivity contribution in [1.82, 2.24) is 34.8 Å². The fraction of sp³-hybridized carbons (Fsp3) is 0.478. The van der Waals surface area contributed by atoms with Gasteiger partial charge in [0.05, 0.1) is 12.2 Å². The fourth-order valence-corrected chi connectivity index (χ4v) is 5.66. The van der Waals surface area contributed by atoms with Gasteiger partial charge in [0.1, 0.15) is 16.7 Å². The lowest BCUT2D eigenvalue weighted by molar-refractivity contribution is -0.121. The molecule has 0 atom stereocenters. The van der Waals surface area contributed by atoms with Crippen molar-refractivity contribution in [3.8, 4) is 11.3 Å². The van der Waals surface area contributed by atoms with E-state index in [0.29, 0.717) is 12.5 Å². The smallest absolute Gasteiger partial charge is 0.233 e. The molecule has 33 heavy (non-hydrogen) atoms. The van der Waals surface area contributed by atoms with E-state index in [-0.39, 0.29) is 5.91 Å². The Morgan fingerprint density at radius 1 is 1.21 bits per heavy atom. The number of nitrogens with one attached hydrogen (secondary N) is 2. The van der Waals surface area contributed by atoms with Gasteiger partial charge in [0.15, 0.2) is 10.8 Å². The highest BCUT2D eigenvalue weighted by Crippen LogP contribution is 2.41. The molecule has 1 fully saturated rings. The highest BCUT2D eigenvalue weighted by atomic mass is 32.1. The molecule has 5 rings (SSSR count). The lowest BCUT2D eigenvalue weighted by Crippen LogP contribution is -2.49. The van der Waals surface area contributed by atoms with E-state index in [1.54, 1.807) is 24.7 Å². The Morgan fingerprint density at radius 2 is 1.97 bits per heavy atom. The molecule has 0 spiro atoms. The first-order valence-corrected chi connectivity index (χ1v) is 12.2. The number of fused-ring (bicyclic) bond motifs is 2. The molecule has 4 aromatic rings. The second kappa shape index (κ2) is 8.42. The number of nitrogens with zero attached hydrogens (tertiary/aromatic N) is 6. The molecule has 174 valence electrons. The van der Waals surface area contributed by atoms with Gasteiger partial charge in [0.25, 0.3) is 0 Å². The molecule has 0 aliphatic carbocycles. The molecule has 1 saturated heterocycles. The topological polar surface area (TPSA) is 94.5 Å². The molecular weight excluding hydrogens is 436 g/mol. The fourth-order valence-electron chi connectivity index (χ4n) is 4.62. The molecule has 0 aromatic carbocycles. The van der Waals surface area contributed by atoms with Crippen LogP contribution in [0.1, 0.15) is 36.5 Å². The quantitative estimate of drug-likeness (QED) is 0.470. The van der Waals surface area contributed by atoms with E-state index in [2.05, 4.69) is 64.1 Å². The number of likely N-dealkylation sites (N-methyl/N-ethyl adjacent to an activating group) is 1. The average molecular weight is 467 g/mol. The van der Waals surface area contributed by atoms with Crippen LogP contribution in [0.4, 0.5) is 5.13 Å². The number of carbonyl (C=O) groups is 1. The minimum Gasteiger partial charge on any atom is -0.358 e. The Kier molecular flexibility index (Phi) is 5.57. The number of hydrogen-bond donors (Lipinski definition) is 2. The number of aromatic amines is 1. The Hall–Kier alpha value is -2.98. The zero-order valence-corrected chi connectivity index (χ0v) is 20.6. The third-order valence-corrected chi connectivity index (χ3v) is 7.67. The SMILES string of the molecule is CNC(=O)CN1CCN(c2nc3c(C(C)C)c(-c4cn5ncnc5c(C)c4C)[nH]c3s2)CC1. The van der Waals surface area contributed by atoms with Crippen molar-refractivity contribution in [2.24, 2.45) is 0 Å². The van der Waals surface area contributed by atoms with Gasteiger partial charge in [-0.1, -0.05) is 25.2 Å². The first-order chi connectivity index (χ1) is 15.9. The van der Waals surface area contributed by atoms with E-state index >= 15 is 0 Å². The van der Waals surface area contributed by atoms with Crippen LogP contribution >= 0.6 is 11.3 Å². The van der Waals surface area contributed by atoms with Crippen LogP contribution in [0.15, 0.2) is 12.5 Å². The molecule has 2 N–H and O–H groups in total. The summed E-state index contributed by atoms with van der Waals surface area (Å²) in [7, 11) is 1.68. The Morgan fingerprint density at radius 3 is 2.67 bits per heavy atom. The lowest BCUT2D eigenvalue weighted by Gasteiger charge is -2.33. The number of amides is 1. The molecular formula is C23H30N8OS.